The number of nitrogens with one attached hydrogen (secondary N) is 1. The smallest absolute Gasteiger partial charge is 0.331 e. The quantitative estimate of drug-likeness (QED) is 0.628. The van der Waals surface area contributed by atoms with Crippen molar-refractivity contribution >= 4 is 35.2 Å². The number of hydrogen-bond donors (Lipinski definition) is 1. The molecule has 0 spiro atoms. The molecule has 1 N–H and O–H groups in total. The van der Waals surface area contributed by atoms with Crippen LogP contribution in [0, 0.1) is 5.82 Å². The van der Waals surface area contributed by atoms with Gasteiger partial charge in [0.1, 0.15) is 11.6 Å². The van der Waals surface area contributed by atoms with Crippen LogP contribution >= 0.6 is 11.6 Å². The first-order chi connectivity index (χ1) is 12.0. The van der Waals surface area contributed by atoms with Crippen molar-refractivity contribution in [3.8, 4) is 5.75 Å². The molecule has 0 aliphatic heterocycles. The Bertz CT molecular complexity index is 807. The monoisotopic (exact) mass is 363 g/mol. The second kappa shape index (κ2) is 8.84. The Morgan fingerprint density at radius 3 is 2.72 bits per heavy atom. The molecule has 0 heterocycles. The van der Waals surface area contributed by atoms with E-state index in [1.54, 1.807) is 24.3 Å². The molecular weight excluding hydrogens is 349 g/mol. The van der Waals surface area contributed by atoms with Crippen molar-refractivity contribution in [2.45, 2.75) is 0 Å². The molecular formula is C18H15ClFNO4. The van der Waals surface area contributed by atoms with Crippen LogP contribution in [0.1, 0.15) is 5.56 Å². The van der Waals surface area contributed by atoms with Crippen LogP contribution in [0.15, 0.2) is 48.5 Å². The van der Waals surface area contributed by atoms with Gasteiger partial charge in [0, 0.05) is 6.08 Å². The van der Waals surface area contributed by atoms with E-state index < -0.39 is 24.3 Å². The van der Waals surface area contributed by atoms with Gasteiger partial charge in [-0.25, -0.2) is 9.18 Å². The van der Waals surface area contributed by atoms with E-state index in [1.807, 2.05) is 0 Å². The summed E-state index contributed by atoms with van der Waals surface area (Å²) in [5.74, 6) is -1.27. The van der Waals surface area contributed by atoms with Crippen molar-refractivity contribution in [1.29, 1.82) is 0 Å². The van der Waals surface area contributed by atoms with Gasteiger partial charge in [0.15, 0.2) is 6.61 Å². The fraction of sp³-hybridized carbons (Fsp3) is 0.111. The maximum absolute atomic E-state index is 13.0. The molecule has 2 aromatic carbocycles. The van der Waals surface area contributed by atoms with E-state index in [0.717, 1.165) is 6.08 Å². The molecule has 0 saturated carbocycles. The molecule has 0 saturated heterocycles. The lowest BCUT2D eigenvalue weighted by Gasteiger charge is -2.09. The van der Waals surface area contributed by atoms with E-state index >= 15 is 0 Å². The van der Waals surface area contributed by atoms with Crippen LogP contribution in [-0.2, 0) is 14.3 Å². The summed E-state index contributed by atoms with van der Waals surface area (Å²) < 4.78 is 23.0. The third-order valence-electron chi connectivity index (χ3n) is 3.08. The van der Waals surface area contributed by atoms with Crippen LogP contribution in [0.5, 0.6) is 5.75 Å². The Morgan fingerprint density at radius 2 is 2.00 bits per heavy atom. The number of benzene rings is 2. The lowest BCUT2D eigenvalue weighted by Crippen LogP contribution is -2.20. The second-order valence-corrected chi connectivity index (χ2v) is 5.27. The van der Waals surface area contributed by atoms with Gasteiger partial charge in [-0.15, -0.1) is 0 Å². The molecule has 130 valence electrons. The zero-order valence-electron chi connectivity index (χ0n) is 13.3. The Morgan fingerprint density at radius 1 is 1.24 bits per heavy atom. The third-order valence-corrected chi connectivity index (χ3v) is 3.37. The summed E-state index contributed by atoms with van der Waals surface area (Å²) in [7, 11) is 1.48. The zero-order chi connectivity index (χ0) is 18.2. The highest BCUT2D eigenvalue weighted by Crippen LogP contribution is 2.22. The minimum Gasteiger partial charge on any atom is -0.495 e. The number of methoxy groups -OCH3 is 1. The number of esters is 1. The number of anilines is 1. The van der Waals surface area contributed by atoms with Crippen LogP contribution in [0.25, 0.3) is 6.08 Å². The molecule has 7 heteroatoms. The number of carbonyl (C=O) groups excluding carboxylic acids is 2. The molecule has 1 amide bonds. The van der Waals surface area contributed by atoms with E-state index in [9.17, 15) is 14.0 Å². The normalized spacial score (nSPS) is 10.5. The minimum atomic E-state index is -0.712. The molecule has 0 atom stereocenters. The molecule has 0 unspecified atom stereocenters. The number of ether oxygens (including phenoxy) is 2. The zero-order valence-corrected chi connectivity index (χ0v) is 14.0. The summed E-state index contributed by atoms with van der Waals surface area (Å²) in [6, 6.07) is 10.9. The number of carbonyl (C=O) groups is 2. The molecule has 0 bridgehead atoms. The Kier molecular flexibility index (Phi) is 6.54. The van der Waals surface area contributed by atoms with Crippen LogP contribution < -0.4 is 10.1 Å². The molecule has 2 aromatic rings. The first-order valence-electron chi connectivity index (χ1n) is 7.22. The highest BCUT2D eigenvalue weighted by atomic mass is 35.5. The fourth-order valence-corrected chi connectivity index (χ4v) is 2.09. The van der Waals surface area contributed by atoms with Crippen LogP contribution in [0.3, 0.4) is 0 Å². The van der Waals surface area contributed by atoms with E-state index in [1.165, 1.54) is 31.4 Å². The number of amides is 1. The van der Waals surface area contributed by atoms with Crippen LogP contribution in [-0.4, -0.2) is 25.6 Å². The van der Waals surface area contributed by atoms with Gasteiger partial charge in [-0.2, -0.15) is 0 Å². The van der Waals surface area contributed by atoms with Crippen molar-refractivity contribution in [2.75, 3.05) is 19.0 Å². The predicted molar refractivity (Wildman–Crippen MR) is 93.0 cm³/mol. The average Bonchev–Trinajstić information content (AvgIpc) is 2.61. The van der Waals surface area contributed by atoms with E-state index in [-0.39, 0.29) is 5.02 Å². The van der Waals surface area contributed by atoms with E-state index in [2.05, 4.69) is 5.32 Å². The van der Waals surface area contributed by atoms with Gasteiger partial charge in [-0.3, -0.25) is 4.79 Å². The largest absolute Gasteiger partial charge is 0.495 e. The summed E-state index contributed by atoms with van der Waals surface area (Å²) in [4.78, 5) is 23.4. The van der Waals surface area contributed by atoms with Gasteiger partial charge >= 0.3 is 5.97 Å². The average molecular weight is 364 g/mol. The van der Waals surface area contributed by atoms with Gasteiger partial charge in [0.2, 0.25) is 0 Å². The van der Waals surface area contributed by atoms with Gasteiger partial charge in [-0.05, 0) is 35.9 Å². The van der Waals surface area contributed by atoms with Crippen molar-refractivity contribution < 1.29 is 23.5 Å². The standard InChI is InChI=1S/C18H15ClFNO4/c1-24-16-5-3-2-4-15(16)21-17(22)11-25-18(23)9-7-12-6-8-14(20)13(19)10-12/h2-10H,11H2,1H3,(H,21,22)/b9-7+. The summed E-state index contributed by atoms with van der Waals surface area (Å²) in [6.07, 6.45) is 2.53. The van der Waals surface area contributed by atoms with Crippen molar-refractivity contribution in [2.24, 2.45) is 0 Å². The highest BCUT2D eigenvalue weighted by molar-refractivity contribution is 6.30. The molecule has 2 rings (SSSR count). The maximum Gasteiger partial charge on any atom is 0.331 e. The van der Waals surface area contributed by atoms with Gasteiger partial charge in [-0.1, -0.05) is 29.8 Å². The number of halogens is 2. The number of para-hydroxylation sites is 2. The summed E-state index contributed by atoms with van der Waals surface area (Å²) in [6.45, 7) is -0.453. The van der Waals surface area contributed by atoms with E-state index in [4.69, 9.17) is 21.1 Å². The summed E-state index contributed by atoms with van der Waals surface area (Å²) in [5, 5.41) is 2.53. The maximum atomic E-state index is 13.0. The SMILES string of the molecule is COc1ccccc1NC(=O)COC(=O)/C=C/c1ccc(F)c(Cl)c1. The van der Waals surface area contributed by atoms with Crippen molar-refractivity contribution in [3.05, 3.63) is 64.9 Å². The van der Waals surface area contributed by atoms with Gasteiger partial charge < -0.3 is 14.8 Å². The minimum absolute atomic E-state index is 0.0493. The first-order valence-corrected chi connectivity index (χ1v) is 7.60. The van der Waals surface area contributed by atoms with E-state index in [0.29, 0.717) is 17.0 Å². The fourth-order valence-electron chi connectivity index (χ4n) is 1.90. The molecule has 0 radical (unpaired) electrons. The number of hydrogen-bond acceptors (Lipinski definition) is 4. The highest BCUT2D eigenvalue weighted by Gasteiger charge is 2.09. The van der Waals surface area contributed by atoms with Crippen molar-refractivity contribution in [3.63, 3.8) is 0 Å². The second-order valence-electron chi connectivity index (χ2n) is 4.86. The van der Waals surface area contributed by atoms with Crippen LogP contribution in [0.2, 0.25) is 5.02 Å². The lowest BCUT2D eigenvalue weighted by molar-refractivity contribution is -0.142. The molecule has 0 aliphatic rings. The Balaban J connectivity index is 1.85. The van der Waals surface area contributed by atoms with Crippen LogP contribution in [0.4, 0.5) is 10.1 Å². The number of rotatable bonds is 6. The summed E-state index contributed by atoms with van der Waals surface area (Å²) >= 11 is 5.65. The topological polar surface area (TPSA) is 64.6 Å². The Hall–Kier alpha value is -2.86. The Labute approximate surface area is 149 Å². The third kappa shape index (κ3) is 5.61. The van der Waals surface area contributed by atoms with Crippen molar-refractivity contribution in [1.82, 2.24) is 0 Å². The first kappa shape index (κ1) is 18.5. The molecule has 0 aliphatic carbocycles. The molecule has 5 nitrogen and oxygen atoms in total. The van der Waals surface area contributed by atoms with Gasteiger partial charge in [0.05, 0.1) is 17.8 Å². The molecule has 25 heavy (non-hydrogen) atoms. The predicted octanol–water partition coefficient (Wildman–Crippen LogP) is 3.68. The lowest BCUT2D eigenvalue weighted by atomic mass is 10.2. The molecule has 0 fully saturated rings. The van der Waals surface area contributed by atoms with Gasteiger partial charge in [0.25, 0.3) is 5.91 Å². The molecule has 0 aromatic heterocycles. The summed E-state index contributed by atoms with van der Waals surface area (Å²) in [5.41, 5.74) is 1.00.